The maximum absolute atomic E-state index is 12.9. The first-order chi connectivity index (χ1) is 39.0. The Morgan fingerprint density at radius 3 is 0.835 bits per heavy atom. The molecule has 0 bridgehead atoms. The zero-order valence-electron chi connectivity index (χ0n) is 51.3. The maximum atomic E-state index is 12.9. The summed E-state index contributed by atoms with van der Waals surface area (Å²) in [7, 11) is 0. The van der Waals surface area contributed by atoms with E-state index in [4.69, 9.17) is 14.2 Å². The van der Waals surface area contributed by atoms with Crippen molar-refractivity contribution in [2.75, 3.05) is 13.2 Å². The summed E-state index contributed by atoms with van der Waals surface area (Å²) in [6.45, 7) is 6.46. The van der Waals surface area contributed by atoms with Crippen LogP contribution in [0.15, 0.2) is 134 Å². The molecule has 0 aliphatic carbocycles. The van der Waals surface area contributed by atoms with Gasteiger partial charge in [-0.05, 0) is 135 Å². The van der Waals surface area contributed by atoms with Crippen molar-refractivity contribution in [3.8, 4) is 0 Å². The average Bonchev–Trinajstić information content (AvgIpc) is 3.45. The molecule has 0 heterocycles. The molecule has 6 heteroatoms. The number of esters is 3. The summed E-state index contributed by atoms with van der Waals surface area (Å²) in [6, 6.07) is 0. The van der Waals surface area contributed by atoms with Gasteiger partial charge in [-0.2, -0.15) is 0 Å². The Kier molecular flexibility index (Phi) is 62.3. The van der Waals surface area contributed by atoms with Crippen LogP contribution in [-0.4, -0.2) is 37.2 Å². The SMILES string of the molecule is CC/C=C\C/C=C\C/C=C\C/C=C\C/C=C\C/C=C\C/C=C\C/C=C\C/C=C\CCCCCC(=O)OCC(COC(=O)CCCCCCC/C=C\CCCC)OC(=O)CCCCCCCCCCC/C=C\CCCCCCCC. The number of hydrogen-bond acceptors (Lipinski definition) is 6. The van der Waals surface area contributed by atoms with Crippen LogP contribution in [-0.2, 0) is 28.6 Å². The first kappa shape index (κ1) is 74.5. The van der Waals surface area contributed by atoms with Crippen LogP contribution in [0.5, 0.6) is 0 Å². The third-order valence-corrected chi connectivity index (χ3v) is 13.6. The van der Waals surface area contributed by atoms with Gasteiger partial charge in [-0.1, -0.05) is 270 Å². The molecule has 0 aromatic heterocycles. The Morgan fingerprint density at radius 1 is 0.266 bits per heavy atom. The predicted octanol–water partition coefficient (Wildman–Crippen LogP) is 22.5. The normalized spacial score (nSPS) is 13.0. The second-order valence-corrected chi connectivity index (χ2v) is 21.3. The molecule has 0 aromatic rings. The van der Waals surface area contributed by atoms with Crippen LogP contribution in [0.4, 0.5) is 0 Å². The molecule has 0 aliphatic heterocycles. The number of rotatable bonds is 58. The van der Waals surface area contributed by atoms with E-state index in [-0.39, 0.29) is 31.1 Å². The van der Waals surface area contributed by atoms with Gasteiger partial charge in [-0.15, -0.1) is 0 Å². The molecule has 448 valence electrons. The molecule has 0 amide bonds. The molecule has 0 fully saturated rings. The highest BCUT2D eigenvalue weighted by molar-refractivity contribution is 5.71. The minimum absolute atomic E-state index is 0.0962. The minimum atomic E-state index is -0.801. The van der Waals surface area contributed by atoms with E-state index in [9.17, 15) is 14.4 Å². The highest BCUT2D eigenvalue weighted by Gasteiger charge is 2.19. The highest BCUT2D eigenvalue weighted by Crippen LogP contribution is 2.15. The second-order valence-electron chi connectivity index (χ2n) is 21.3. The Labute approximate surface area is 487 Å². The van der Waals surface area contributed by atoms with Crippen LogP contribution in [0.3, 0.4) is 0 Å². The topological polar surface area (TPSA) is 78.9 Å². The van der Waals surface area contributed by atoms with Crippen molar-refractivity contribution in [3.05, 3.63) is 134 Å². The molecule has 0 aromatic carbocycles. The van der Waals surface area contributed by atoms with Gasteiger partial charge in [0, 0.05) is 19.3 Å². The zero-order valence-corrected chi connectivity index (χ0v) is 51.3. The van der Waals surface area contributed by atoms with Gasteiger partial charge in [0.15, 0.2) is 6.10 Å². The van der Waals surface area contributed by atoms with Gasteiger partial charge >= 0.3 is 17.9 Å². The van der Waals surface area contributed by atoms with Crippen LogP contribution >= 0.6 is 0 Å². The van der Waals surface area contributed by atoms with Crippen molar-refractivity contribution in [2.24, 2.45) is 0 Å². The van der Waals surface area contributed by atoms with Gasteiger partial charge in [0.05, 0.1) is 0 Å². The van der Waals surface area contributed by atoms with E-state index in [0.29, 0.717) is 19.3 Å². The third kappa shape index (κ3) is 64.3. The molecule has 0 saturated carbocycles. The molecule has 1 atom stereocenters. The van der Waals surface area contributed by atoms with Gasteiger partial charge in [-0.25, -0.2) is 0 Å². The Balaban J connectivity index is 4.36. The van der Waals surface area contributed by atoms with Crippen molar-refractivity contribution < 1.29 is 28.6 Å². The molecule has 79 heavy (non-hydrogen) atoms. The number of allylic oxidation sites excluding steroid dienone is 22. The molecule has 0 N–H and O–H groups in total. The molecule has 0 radical (unpaired) electrons. The van der Waals surface area contributed by atoms with Crippen molar-refractivity contribution >= 4 is 17.9 Å². The van der Waals surface area contributed by atoms with Gasteiger partial charge in [-0.3, -0.25) is 14.4 Å². The standard InChI is InChI=1S/C73H120O6/c1-4-7-10-13-16-19-22-24-26-28-30-31-32-33-34-35-36-37-38-39-40-41-43-44-46-48-51-54-57-60-63-66-72(75)78-69-70(68-77-71(74)65-62-59-56-53-50-21-18-15-12-9-6-3)79-73(76)67-64-61-58-55-52-49-47-45-42-29-27-25-23-20-17-14-11-8-5-2/h7,10,15-16,18-19,24-27,30-31,33-34,36-37,39-40,43-44,48,51,70H,4-6,8-9,11-14,17,20-23,28-29,32,35,38,41-42,45-47,49-50,52-69H2,1-3H3/b10-7-,18-15-,19-16-,26-24-,27-25-,31-30-,34-33-,37-36-,40-39-,44-43-,51-48-. The fourth-order valence-corrected chi connectivity index (χ4v) is 8.70. The minimum Gasteiger partial charge on any atom is -0.462 e. The molecule has 0 saturated heterocycles. The van der Waals surface area contributed by atoms with Crippen molar-refractivity contribution in [3.63, 3.8) is 0 Å². The first-order valence-electron chi connectivity index (χ1n) is 32.7. The largest absolute Gasteiger partial charge is 0.462 e. The summed E-state index contributed by atoms with van der Waals surface area (Å²) in [6.07, 6.45) is 93.2. The summed E-state index contributed by atoms with van der Waals surface area (Å²) in [5.74, 6) is -0.939. The maximum Gasteiger partial charge on any atom is 0.306 e. The van der Waals surface area contributed by atoms with Gasteiger partial charge in [0.25, 0.3) is 0 Å². The van der Waals surface area contributed by atoms with Gasteiger partial charge in [0.1, 0.15) is 13.2 Å². The molecule has 0 rings (SSSR count). The van der Waals surface area contributed by atoms with E-state index in [2.05, 4.69) is 154 Å². The lowest BCUT2D eigenvalue weighted by atomic mass is 10.1. The molecule has 6 nitrogen and oxygen atoms in total. The number of unbranched alkanes of at least 4 members (excludes halogenated alkanes) is 25. The third-order valence-electron chi connectivity index (χ3n) is 13.6. The first-order valence-corrected chi connectivity index (χ1v) is 32.7. The molecule has 0 aliphatic rings. The fraction of sp³-hybridized carbons (Fsp3) is 0.658. The van der Waals surface area contributed by atoms with Crippen LogP contribution < -0.4 is 0 Å². The van der Waals surface area contributed by atoms with E-state index in [1.54, 1.807) is 0 Å². The molecular formula is C73H120O6. The van der Waals surface area contributed by atoms with Crippen LogP contribution in [0, 0.1) is 0 Å². The Hall–Kier alpha value is -4.45. The Morgan fingerprint density at radius 2 is 0.506 bits per heavy atom. The summed E-state index contributed by atoms with van der Waals surface area (Å²) >= 11 is 0. The quantitative estimate of drug-likeness (QED) is 0.0261. The lowest BCUT2D eigenvalue weighted by Crippen LogP contribution is -2.30. The number of ether oxygens (including phenoxy) is 3. The van der Waals surface area contributed by atoms with Crippen LogP contribution in [0.1, 0.15) is 290 Å². The monoisotopic (exact) mass is 1090 g/mol. The average molecular weight is 1090 g/mol. The second kappa shape index (κ2) is 66.1. The summed E-state index contributed by atoms with van der Waals surface area (Å²) in [5, 5.41) is 0. The lowest BCUT2D eigenvalue weighted by molar-refractivity contribution is -0.167. The number of carbonyl (C=O) groups excluding carboxylic acids is 3. The number of carbonyl (C=O) groups is 3. The van der Waals surface area contributed by atoms with Crippen LogP contribution in [0.25, 0.3) is 0 Å². The number of hydrogen-bond donors (Lipinski definition) is 0. The summed E-state index contributed by atoms with van der Waals surface area (Å²) < 4.78 is 16.9. The van der Waals surface area contributed by atoms with Crippen molar-refractivity contribution in [1.29, 1.82) is 0 Å². The Bertz CT molecular complexity index is 1680. The molecule has 0 spiro atoms. The van der Waals surface area contributed by atoms with Crippen molar-refractivity contribution in [2.45, 2.75) is 297 Å². The smallest absolute Gasteiger partial charge is 0.306 e. The van der Waals surface area contributed by atoms with Crippen LogP contribution in [0.2, 0.25) is 0 Å². The predicted molar refractivity (Wildman–Crippen MR) is 343 cm³/mol. The summed E-state index contributed by atoms with van der Waals surface area (Å²) in [4.78, 5) is 38.2. The van der Waals surface area contributed by atoms with Gasteiger partial charge in [0.2, 0.25) is 0 Å². The van der Waals surface area contributed by atoms with E-state index in [1.165, 1.54) is 116 Å². The van der Waals surface area contributed by atoms with E-state index in [0.717, 1.165) is 135 Å². The van der Waals surface area contributed by atoms with E-state index in [1.807, 2.05) is 0 Å². The summed E-state index contributed by atoms with van der Waals surface area (Å²) in [5.41, 5.74) is 0. The van der Waals surface area contributed by atoms with Gasteiger partial charge < -0.3 is 14.2 Å². The van der Waals surface area contributed by atoms with Crippen molar-refractivity contribution in [1.82, 2.24) is 0 Å². The fourth-order valence-electron chi connectivity index (χ4n) is 8.70. The molecule has 1 unspecified atom stereocenters. The van der Waals surface area contributed by atoms with E-state index < -0.39 is 6.10 Å². The zero-order chi connectivity index (χ0) is 57.1. The van der Waals surface area contributed by atoms with E-state index >= 15 is 0 Å². The lowest BCUT2D eigenvalue weighted by Gasteiger charge is -2.18. The highest BCUT2D eigenvalue weighted by atomic mass is 16.6. The molecular weight excluding hydrogens is 973 g/mol.